The fourth-order valence-corrected chi connectivity index (χ4v) is 3.34. The van der Waals surface area contributed by atoms with Gasteiger partial charge in [-0.3, -0.25) is 4.79 Å². The molecule has 0 aromatic heterocycles. The molecule has 2 nitrogen and oxygen atoms in total. The summed E-state index contributed by atoms with van der Waals surface area (Å²) in [6, 6.07) is 5.74. The molecular weight excluding hydrogens is 349 g/mol. The normalized spacial score (nSPS) is 15.7. The maximum atomic E-state index is 12.7. The number of amides is 1. The average Bonchev–Trinajstić information content (AvgIpc) is 2.92. The van der Waals surface area contributed by atoms with E-state index in [1.807, 2.05) is 17.0 Å². The highest BCUT2D eigenvalue weighted by atomic mass is 79.9. The standard InChI is InChI=1S/C14H16BrCl2NO/c15-12-7-3-6-11(13(12)17)14(19)18(9-8-16)10-4-1-2-5-10/h3,6-7,10H,1-2,4-5,8-9H2. The highest BCUT2D eigenvalue weighted by molar-refractivity contribution is 9.10. The Morgan fingerprint density at radius 2 is 2.05 bits per heavy atom. The van der Waals surface area contributed by atoms with Crippen LogP contribution in [-0.4, -0.2) is 29.3 Å². The molecular formula is C14H16BrCl2NO. The van der Waals surface area contributed by atoms with E-state index in [1.165, 1.54) is 12.8 Å². The zero-order valence-corrected chi connectivity index (χ0v) is 13.6. The zero-order valence-electron chi connectivity index (χ0n) is 10.5. The summed E-state index contributed by atoms with van der Waals surface area (Å²) in [5, 5.41) is 0.477. The summed E-state index contributed by atoms with van der Waals surface area (Å²) >= 11 is 15.4. The predicted octanol–water partition coefficient (Wildman–Crippen LogP) is 4.73. The van der Waals surface area contributed by atoms with Crippen LogP contribution in [0.25, 0.3) is 0 Å². The fourth-order valence-electron chi connectivity index (χ4n) is 2.58. The third-order valence-corrected chi connectivity index (χ3v) is 5.00. The lowest BCUT2D eigenvalue weighted by Gasteiger charge is -2.28. The van der Waals surface area contributed by atoms with Crippen molar-refractivity contribution in [3.63, 3.8) is 0 Å². The summed E-state index contributed by atoms with van der Waals surface area (Å²) in [7, 11) is 0. The Kier molecular flexibility index (Phi) is 5.55. The lowest BCUT2D eigenvalue weighted by atomic mass is 10.1. The van der Waals surface area contributed by atoms with Gasteiger partial charge in [0.25, 0.3) is 5.91 Å². The lowest BCUT2D eigenvalue weighted by Crippen LogP contribution is -2.40. The second-order valence-corrected chi connectivity index (χ2v) is 6.34. The summed E-state index contributed by atoms with van der Waals surface area (Å²) in [4.78, 5) is 14.5. The number of benzene rings is 1. The molecule has 0 N–H and O–H groups in total. The second-order valence-electron chi connectivity index (χ2n) is 4.73. The Hall–Kier alpha value is -0.250. The molecule has 0 unspecified atom stereocenters. The molecule has 1 aromatic carbocycles. The number of alkyl halides is 1. The van der Waals surface area contributed by atoms with Gasteiger partial charge in [-0.05, 0) is 40.9 Å². The lowest BCUT2D eigenvalue weighted by molar-refractivity contribution is 0.0695. The minimum absolute atomic E-state index is 0.0150. The smallest absolute Gasteiger partial charge is 0.255 e. The molecule has 1 aromatic rings. The molecule has 1 amide bonds. The van der Waals surface area contributed by atoms with E-state index >= 15 is 0 Å². The van der Waals surface area contributed by atoms with Crippen LogP contribution in [0.1, 0.15) is 36.0 Å². The summed E-state index contributed by atoms with van der Waals surface area (Å²) in [5.74, 6) is 0.437. The van der Waals surface area contributed by atoms with Crippen LogP contribution in [0.3, 0.4) is 0 Å². The minimum Gasteiger partial charge on any atom is -0.334 e. The van der Waals surface area contributed by atoms with Crippen LogP contribution < -0.4 is 0 Å². The van der Waals surface area contributed by atoms with Crippen molar-refractivity contribution in [1.29, 1.82) is 0 Å². The van der Waals surface area contributed by atoms with Crippen molar-refractivity contribution >= 4 is 45.0 Å². The first-order valence-electron chi connectivity index (χ1n) is 6.46. The molecule has 1 aliphatic rings. The summed E-state index contributed by atoms with van der Waals surface area (Å²) < 4.78 is 0.747. The zero-order chi connectivity index (χ0) is 13.8. The number of halogens is 3. The van der Waals surface area contributed by atoms with Crippen LogP contribution >= 0.6 is 39.1 Å². The van der Waals surface area contributed by atoms with Crippen molar-refractivity contribution < 1.29 is 4.79 Å². The van der Waals surface area contributed by atoms with Gasteiger partial charge >= 0.3 is 0 Å². The van der Waals surface area contributed by atoms with Crippen molar-refractivity contribution in [3.05, 3.63) is 33.3 Å². The number of hydrogen-bond donors (Lipinski definition) is 0. The molecule has 0 aliphatic heterocycles. The Labute approximate surface area is 132 Å². The van der Waals surface area contributed by atoms with Crippen LogP contribution in [0, 0.1) is 0 Å². The number of carbonyl (C=O) groups is 1. The van der Waals surface area contributed by atoms with E-state index in [4.69, 9.17) is 23.2 Å². The molecule has 5 heteroatoms. The highest BCUT2D eigenvalue weighted by Crippen LogP contribution is 2.30. The molecule has 0 spiro atoms. The van der Waals surface area contributed by atoms with Crippen molar-refractivity contribution in [2.75, 3.05) is 12.4 Å². The maximum Gasteiger partial charge on any atom is 0.255 e. The molecule has 0 bridgehead atoms. The summed E-state index contributed by atoms with van der Waals surface area (Å²) in [5.41, 5.74) is 0.549. The molecule has 1 fully saturated rings. The minimum atomic E-state index is -0.0150. The van der Waals surface area contributed by atoms with Crippen LogP contribution in [0.5, 0.6) is 0 Å². The van der Waals surface area contributed by atoms with Crippen molar-refractivity contribution in [3.8, 4) is 0 Å². The number of rotatable bonds is 4. The van der Waals surface area contributed by atoms with Crippen molar-refractivity contribution in [1.82, 2.24) is 4.90 Å². The topological polar surface area (TPSA) is 20.3 Å². The van der Waals surface area contributed by atoms with Crippen LogP contribution in [0.4, 0.5) is 0 Å². The van der Waals surface area contributed by atoms with Gasteiger partial charge in [-0.25, -0.2) is 0 Å². The first-order chi connectivity index (χ1) is 9.15. The molecule has 0 atom stereocenters. The third kappa shape index (κ3) is 3.45. The first kappa shape index (κ1) is 15.1. The van der Waals surface area contributed by atoms with Crippen molar-refractivity contribution in [2.24, 2.45) is 0 Å². The van der Waals surface area contributed by atoms with E-state index in [2.05, 4.69) is 15.9 Å². The van der Waals surface area contributed by atoms with Crippen molar-refractivity contribution in [2.45, 2.75) is 31.7 Å². The Morgan fingerprint density at radius 3 is 2.68 bits per heavy atom. The molecule has 19 heavy (non-hydrogen) atoms. The molecule has 2 rings (SSSR count). The molecule has 0 heterocycles. The van der Waals surface area contributed by atoms with Crippen LogP contribution in [0.15, 0.2) is 22.7 Å². The molecule has 104 valence electrons. The van der Waals surface area contributed by atoms with Gasteiger partial charge in [-0.15, -0.1) is 11.6 Å². The van der Waals surface area contributed by atoms with Crippen LogP contribution in [0.2, 0.25) is 5.02 Å². The van der Waals surface area contributed by atoms with E-state index < -0.39 is 0 Å². The Bertz CT molecular complexity index is 461. The van der Waals surface area contributed by atoms with E-state index in [-0.39, 0.29) is 5.91 Å². The number of nitrogens with zero attached hydrogens (tertiary/aromatic N) is 1. The van der Waals surface area contributed by atoms with Gasteiger partial charge in [0.1, 0.15) is 0 Å². The third-order valence-electron chi connectivity index (χ3n) is 3.53. The maximum absolute atomic E-state index is 12.7. The fraction of sp³-hybridized carbons (Fsp3) is 0.500. The van der Waals surface area contributed by atoms with Gasteiger partial charge in [0.2, 0.25) is 0 Å². The number of hydrogen-bond acceptors (Lipinski definition) is 1. The van der Waals surface area contributed by atoms with E-state index in [0.29, 0.717) is 29.1 Å². The largest absolute Gasteiger partial charge is 0.334 e. The molecule has 1 aliphatic carbocycles. The van der Waals surface area contributed by atoms with Gasteiger partial charge in [-0.2, -0.15) is 0 Å². The highest BCUT2D eigenvalue weighted by Gasteiger charge is 2.28. The van der Waals surface area contributed by atoms with Gasteiger partial charge in [0.15, 0.2) is 0 Å². The summed E-state index contributed by atoms with van der Waals surface area (Å²) in [6.45, 7) is 0.577. The van der Waals surface area contributed by atoms with Gasteiger partial charge in [0.05, 0.1) is 10.6 Å². The Balaban J connectivity index is 2.25. The van der Waals surface area contributed by atoms with Gasteiger partial charge < -0.3 is 4.90 Å². The summed E-state index contributed by atoms with van der Waals surface area (Å²) in [6.07, 6.45) is 4.49. The Morgan fingerprint density at radius 1 is 1.37 bits per heavy atom. The first-order valence-corrected chi connectivity index (χ1v) is 8.16. The SMILES string of the molecule is O=C(c1cccc(Br)c1Cl)N(CCCl)C1CCCC1. The van der Waals surface area contributed by atoms with E-state index in [0.717, 1.165) is 17.3 Å². The van der Waals surface area contributed by atoms with Gasteiger partial charge in [0, 0.05) is 22.9 Å². The molecule has 0 radical (unpaired) electrons. The quantitative estimate of drug-likeness (QED) is 0.707. The van der Waals surface area contributed by atoms with E-state index in [9.17, 15) is 4.79 Å². The average molecular weight is 365 g/mol. The molecule has 1 saturated carbocycles. The number of carbonyl (C=O) groups excluding carboxylic acids is 1. The van der Waals surface area contributed by atoms with Crippen LogP contribution in [-0.2, 0) is 0 Å². The van der Waals surface area contributed by atoms with Gasteiger partial charge in [-0.1, -0.05) is 30.5 Å². The van der Waals surface area contributed by atoms with E-state index in [1.54, 1.807) is 6.07 Å². The monoisotopic (exact) mass is 363 g/mol. The molecule has 0 saturated heterocycles. The predicted molar refractivity (Wildman–Crippen MR) is 83.2 cm³/mol. The second kappa shape index (κ2) is 6.96.